The van der Waals surface area contributed by atoms with Gasteiger partial charge in [0.05, 0.1) is 11.9 Å². The molecule has 2 aromatic carbocycles. The summed E-state index contributed by atoms with van der Waals surface area (Å²) in [5.41, 5.74) is 2.12. The molecule has 0 saturated heterocycles. The largest absolute Gasteiger partial charge is 0.372 e. The zero-order chi connectivity index (χ0) is 21.6. The van der Waals surface area contributed by atoms with E-state index in [2.05, 4.69) is 24.1 Å². The van der Waals surface area contributed by atoms with Gasteiger partial charge in [0.2, 0.25) is 15.9 Å². The van der Waals surface area contributed by atoms with Crippen molar-refractivity contribution in [2.45, 2.75) is 33.4 Å². The highest BCUT2D eigenvalue weighted by atomic mass is 32.2. The summed E-state index contributed by atoms with van der Waals surface area (Å²) in [6.07, 6.45) is 0.994. The van der Waals surface area contributed by atoms with Crippen LogP contribution in [0.4, 0.5) is 15.8 Å². The van der Waals surface area contributed by atoms with Gasteiger partial charge in [-0.1, -0.05) is 18.2 Å². The Morgan fingerprint density at radius 2 is 1.69 bits per heavy atom. The molecule has 0 saturated carbocycles. The predicted octanol–water partition coefficient (Wildman–Crippen LogP) is 3.14. The molecular formula is C21H28FN3O3S. The van der Waals surface area contributed by atoms with Gasteiger partial charge in [0.1, 0.15) is 11.9 Å². The van der Waals surface area contributed by atoms with Crippen molar-refractivity contribution in [2.75, 3.05) is 28.6 Å². The number of nitrogens with one attached hydrogen (secondary N) is 1. The van der Waals surface area contributed by atoms with Gasteiger partial charge in [0, 0.05) is 25.3 Å². The van der Waals surface area contributed by atoms with Gasteiger partial charge in [-0.3, -0.25) is 9.10 Å². The number of amides is 1. The zero-order valence-corrected chi connectivity index (χ0v) is 18.0. The van der Waals surface area contributed by atoms with Crippen LogP contribution in [0.15, 0.2) is 48.5 Å². The minimum atomic E-state index is -3.78. The highest BCUT2D eigenvalue weighted by molar-refractivity contribution is 7.92. The lowest BCUT2D eigenvalue weighted by Gasteiger charge is -2.28. The van der Waals surface area contributed by atoms with Crippen molar-refractivity contribution in [1.82, 2.24) is 5.32 Å². The van der Waals surface area contributed by atoms with Crippen LogP contribution in [0.25, 0.3) is 0 Å². The van der Waals surface area contributed by atoms with Gasteiger partial charge in [0.15, 0.2) is 0 Å². The average Bonchev–Trinajstić information content (AvgIpc) is 2.67. The lowest BCUT2D eigenvalue weighted by atomic mass is 10.2. The van der Waals surface area contributed by atoms with Crippen molar-refractivity contribution in [3.63, 3.8) is 0 Å². The maximum absolute atomic E-state index is 13.6. The van der Waals surface area contributed by atoms with Crippen molar-refractivity contribution in [3.05, 3.63) is 59.9 Å². The number of sulfonamides is 1. The summed E-state index contributed by atoms with van der Waals surface area (Å²) in [6, 6.07) is 12.0. The summed E-state index contributed by atoms with van der Waals surface area (Å²) in [5.74, 6) is -1.04. The third-order valence-electron chi connectivity index (χ3n) is 4.68. The molecule has 29 heavy (non-hydrogen) atoms. The van der Waals surface area contributed by atoms with Crippen LogP contribution in [0.2, 0.25) is 0 Å². The van der Waals surface area contributed by atoms with Gasteiger partial charge in [0.25, 0.3) is 0 Å². The average molecular weight is 422 g/mol. The Bertz CT molecular complexity index is 928. The maximum Gasteiger partial charge on any atom is 0.243 e. The Kier molecular flexibility index (Phi) is 7.61. The van der Waals surface area contributed by atoms with Crippen molar-refractivity contribution in [1.29, 1.82) is 0 Å². The van der Waals surface area contributed by atoms with Crippen LogP contribution in [0.5, 0.6) is 0 Å². The van der Waals surface area contributed by atoms with Crippen molar-refractivity contribution in [2.24, 2.45) is 0 Å². The second kappa shape index (κ2) is 9.73. The summed E-state index contributed by atoms with van der Waals surface area (Å²) in [7, 11) is -3.78. The maximum atomic E-state index is 13.6. The zero-order valence-electron chi connectivity index (χ0n) is 17.2. The summed E-state index contributed by atoms with van der Waals surface area (Å²) >= 11 is 0. The number of halogens is 1. The summed E-state index contributed by atoms with van der Waals surface area (Å²) in [5, 5.41) is 2.76. The molecule has 0 fully saturated rings. The van der Waals surface area contributed by atoms with Crippen LogP contribution in [-0.2, 0) is 21.4 Å². The lowest BCUT2D eigenvalue weighted by Crippen LogP contribution is -2.47. The molecule has 0 heterocycles. The van der Waals surface area contributed by atoms with Crippen molar-refractivity contribution < 1.29 is 17.6 Å². The van der Waals surface area contributed by atoms with Gasteiger partial charge in [-0.2, -0.15) is 0 Å². The van der Waals surface area contributed by atoms with Gasteiger partial charge in [-0.25, -0.2) is 12.8 Å². The Hall–Kier alpha value is -2.61. The van der Waals surface area contributed by atoms with Gasteiger partial charge in [-0.05, 0) is 56.7 Å². The van der Waals surface area contributed by atoms with E-state index < -0.39 is 27.8 Å². The molecule has 0 radical (unpaired) electrons. The molecule has 0 unspecified atom stereocenters. The molecule has 0 aliphatic heterocycles. The molecule has 158 valence electrons. The predicted molar refractivity (Wildman–Crippen MR) is 115 cm³/mol. The van der Waals surface area contributed by atoms with Crippen LogP contribution in [0.1, 0.15) is 26.3 Å². The summed E-state index contributed by atoms with van der Waals surface area (Å²) in [6.45, 7) is 7.74. The molecule has 1 atom stereocenters. The third-order valence-corrected chi connectivity index (χ3v) is 5.92. The van der Waals surface area contributed by atoms with E-state index in [0.717, 1.165) is 41.0 Å². The van der Waals surface area contributed by atoms with Gasteiger partial charge >= 0.3 is 0 Å². The number of hydrogen-bond acceptors (Lipinski definition) is 4. The molecule has 6 nitrogen and oxygen atoms in total. The Labute approximate surface area is 172 Å². The lowest BCUT2D eigenvalue weighted by molar-refractivity contribution is -0.122. The third kappa shape index (κ3) is 5.93. The molecule has 0 aliphatic carbocycles. The molecule has 8 heteroatoms. The fourth-order valence-electron chi connectivity index (χ4n) is 3.17. The number of carbonyl (C=O) groups is 1. The molecular weight excluding hydrogens is 393 g/mol. The van der Waals surface area contributed by atoms with Crippen LogP contribution < -0.4 is 14.5 Å². The van der Waals surface area contributed by atoms with Crippen LogP contribution in [0, 0.1) is 5.82 Å². The van der Waals surface area contributed by atoms with E-state index >= 15 is 0 Å². The van der Waals surface area contributed by atoms with Crippen LogP contribution in [-0.4, -0.2) is 39.7 Å². The summed E-state index contributed by atoms with van der Waals surface area (Å²) in [4.78, 5) is 14.8. The first-order valence-electron chi connectivity index (χ1n) is 9.54. The van der Waals surface area contributed by atoms with Crippen LogP contribution in [0.3, 0.4) is 0 Å². The summed E-state index contributed by atoms with van der Waals surface area (Å²) < 4.78 is 39.0. The number of rotatable bonds is 9. The molecule has 0 bridgehead atoms. The topological polar surface area (TPSA) is 69.7 Å². The van der Waals surface area contributed by atoms with Crippen molar-refractivity contribution >= 4 is 27.3 Å². The number of benzene rings is 2. The van der Waals surface area contributed by atoms with E-state index in [0.29, 0.717) is 0 Å². The number of nitrogens with zero attached hydrogens (tertiary/aromatic N) is 2. The van der Waals surface area contributed by atoms with E-state index in [4.69, 9.17) is 0 Å². The minimum absolute atomic E-state index is 0.110. The SMILES string of the molecule is CCN(CC)c1ccc(CNC(=O)[C@@H](C)N(c2cccc(F)c2)S(C)(=O)=O)cc1. The Morgan fingerprint density at radius 1 is 1.07 bits per heavy atom. The van der Waals surface area contributed by atoms with E-state index in [1.54, 1.807) is 0 Å². The molecule has 0 aliphatic rings. The quantitative estimate of drug-likeness (QED) is 0.675. The molecule has 2 rings (SSSR count). The highest BCUT2D eigenvalue weighted by Gasteiger charge is 2.29. The first kappa shape index (κ1) is 22.7. The first-order valence-corrected chi connectivity index (χ1v) is 11.4. The monoisotopic (exact) mass is 421 g/mol. The Morgan fingerprint density at radius 3 is 2.21 bits per heavy atom. The molecule has 1 amide bonds. The number of carbonyl (C=O) groups excluding carboxylic acids is 1. The van der Waals surface area contributed by atoms with E-state index in [1.807, 2.05) is 24.3 Å². The highest BCUT2D eigenvalue weighted by Crippen LogP contribution is 2.22. The molecule has 0 spiro atoms. The van der Waals surface area contributed by atoms with Gasteiger partial charge < -0.3 is 10.2 Å². The minimum Gasteiger partial charge on any atom is -0.372 e. The molecule has 0 aromatic heterocycles. The smallest absolute Gasteiger partial charge is 0.243 e. The normalized spacial score (nSPS) is 12.3. The Balaban J connectivity index is 2.10. The van der Waals surface area contributed by atoms with E-state index in [1.165, 1.54) is 25.1 Å². The first-order chi connectivity index (χ1) is 13.7. The number of hydrogen-bond donors (Lipinski definition) is 1. The van der Waals surface area contributed by atoms with E-state index in [9.17, 15) is 17.6 Å². The van der Waals surface area contributed by atoms with Crippen molar-refractivity contribution in [3.8, 4) is 0 Å². The molecule has 1 N–H and O–H groups in total. The van der Waals surface area contributed by atoms with E-state index in [-0.39, 0.29) is 12.2 Å². The standard InChI is InChI=1S/C21H28FN3O3S/c1-5-24(6-2)19-12-10-17(11-13-19)15-23-21(26)16(3)25(29(4,27)28)20-9-7-8-18(22)14-20/h7-14,16H,5-6,15H2,1-4H3,(H,23,26)/t16-/m1/s1. The molecule has 2 aromatic rings. The fraction of sp³-hybridized carbons (Fsp3) is 0.381. The number of anilines is 2. The fourth-order valence-corrected chi connectivity index (χ4v) is 4.34. The second-order valence-corrected chi connectivity index (χ2v) is 8.63. The second-order valence-electron chi connectivity index (χ2n) is 6.77. The van der Waals surface area contributed by atoms with Crippen LogP contribution >= 0.6 is 0 Å². The van der Waals surface area contributed by atoms with Gasteiger partial charge in [-0.15, -0.1) is 0 Å².